The van der Waals surface area contributed by atoms with E-state index >= 15 is 0 Å². The highest BCUT2D eigenvalue weighted by molar-refractivity contribution is 9.10. The highest BCUT2D eigenvalue weighted by Gasteiger charge is 2.19. The van der Waals surface area contributed by atoms with Crippen LogP contribution < -0.4 is 10.2 Å². The second-order valence-electron chi connectivity index (χ2n) is 6.02. The Morgan fingerprint density at radius 1 is 1.04 bits per heavy atom. The van der Waals surface area contributed by atoms with Crippen LogP contribution in [0, 0.1) is 0 Å². The van der Waals surface area contributed by atoms with E-state index in [1.807, 2.05) is 42.5 Å². The number of rotatable bonds is 3. The third-order valence-corrected chi connectivity index (χ3v) is 5.29. The Kier molecular flexibility index (Phi) is 4.02. The van der Waals surface area contributed by atoms with Crippen LogP contribution in [0.4, 0.5) is 11.4 Å². The van der Waals surface area contributed by atoms with Gasteiger partial charge in [-0.25, -0.2) is 0 Å². The third kappa shape index (κ3) is 2.69. The van der Waals surface area contributed by atoms with E-state index in [-0.39, 0.29) is 5.91 Å². The van der Waals surface area contributed by atoms with Crippen LogP contribution in [0.1, 0.15) is 23.3 Å². The smallest absolute Gasteiger partial charge is 0.273 e. The molecule has 1 aromatic heterocycles. The Morgan fingerprint density at radius 2 is 1.75 bits per heavy atom. The summed E-state index contributed by atoms with van der Waals surface area (Å²) < 4.78 is 0.800. The number of hydrogen-bond donors (Lipinski definition) is 2. The molecule has 2 N–H and O–H groups in total. The molecule has 24 heavy (non-hydrogen) atoms. The molecular formula is C19H18BrN3O. The van der Waals surface area contributed by atoms with Crippen molar-refractivity contribution in [2.24, 2.45) is 0 Å². The van der Waals surface area contributed by atoms with Crippen molar-refractivity contribution in [3.8, 4) is 0 Å². The monoisotopic (exact) mass is 383 g/mol. The highest BCUT2D eigenvalue weighted by Crippen LogP contribution is 2.31. The van der Waals surface area contributed by atoms with Gasteiger partial charge in [0.2, 0.25) is 0 Å². The first-order chi connectivity index (χ1) is 11.7. The summed E-state index contributed by atoms with van der Waals surface area (Å²) >= 11 is 3.55. The van der Waals surface area contributed by atoms with Gasteiger partial charge in [-0.3, -0.25) is 4.79 Å². The zero-order chi connectivity index (χ0) is 16.5. The largest absolute Gasteiger partial charge is 0.370 e. The van der Waals surface area contributed by atoms with Crippen molar-refractivity contribution in [2.45, 2.75) is 12.8 Å². The average Bonchev–Trinajstić information content (AvgIpc) is 3.24. The Hall–Kier alpha value is -2.27. The number of aromatic nitrogens is 1. The topological polar surface area (TPSA) is 48.1 Å². The standard InChI is InChI=1S/C19H18BrN3O/c20-17-13-7-1-2-8-14(13)21-18(17)19(24)22-15-9-3-4-10-16(15)23-11-5-6-12-23/h1-4,7-10,21H,5-6,11-12H2,(H,22,24). The molecule has 122 valence electrons. The molecule has 0 radical (unpaired) electrons. The van der Waals surface area contributed by atoms with Gasteiger partial charge in [0.15, 0.2) is 0 Å². The summed E-state index contributed by atoms with van der Waals surface area (Å²) in [6.45, 7) is 2.09. The van der Waals surface area contributed by atoms with Crippen LogP contribution >= 0.6 is 15.9 Å². The Labute approximate surface area is 149 Å². The van der Waals surface area contributed by atoms with Crippen LogP contribution in [0.3, 0.4) is 0 Å². The van der Waals surface area contributed by atoms with Crippen LogP contribution in [0.15, 0.2) is 53.0 Å². The average molecular weight is 384 g/mol. The number of hydrogen-bond acceptors (Lipinski definition) is 2. The fourth-order valence-electron chi connectivity index (χ4n) is 3.26. The van der Waals surface area contributed by atoms with Gasteiger partial charge in [0, 0.05) is 24.0 Å². The molecule has 1 amide bonds. The highest BCUT2D eigenvalue weighted by atomic mass is 79.9. The van der Waals surface area contributed by atoms with E-state index in [9.17, 15) is 4.79 Å². The van der Waals surface area contributed by atoms with E-state index in [1.54, 1.807) is 0 Å². The number of anilines is 2. The molecule has 0 spiro atoms. The van der Waals surface area contributed by atoms with Crippen LogP contribution in [-0.4, -0.2) is 24.0 Å². The van der Waals surface area contributed by atoms with Gasteiger partial charge in [0.1, 0.15) is 5.69 Å². The molecule has 5 heteroatoms. The minimum absolute atomic E-state index is 0.135. The molecule has 4 nitrogen and oxygen atoms in total. The van der Waals surface area contributed by atoms with E-state index in [2.05, 4.69) is 37.2 Å². The zero-order valence-corrected chi connectivity index (χ0v) is 14.8. The normalized spacial score (nSPS) is 14.3. The molecule has 0 bridgehead atoms. The summed E-state index contributed by atoms with van der Waals surface area (Å²) in [7, 11) is 0. The van der Waals surface area contributed by atoms with Gasteiger partial charge >= 0.3 is 0 Å². The van der Waals surface area contributed by atoms with Gasteiger partial charge in [-0.15, -0.1) is 0 Å². The Bertz CT molecular complexity index is 897. The molecule has 1 aliphatic heterocycles. The lowest BCUT2D eigenvalue weighted by molar-refractivity contribution is 0.102. The quantitative estimate of drug-likeness (QED) is 0.683. The van der Waals surface area contributed by atoms with Crippen molar-refractivity contribution in [1.29, 1.82) is 0 Å². The first kappa shape index (κ1) is 15.3. The third-order valence-electron chi connectivity index (χ3n) is 4.47. The maximum atomic E-state index is 12.8. The fourth-order valence-corrected chi connectivity index (χ4v) is 3.89. The molecule has 3 aromatic rings. The van der Waals surface area contributed by atoms with Gasteiger partial charge in [-0.1, -0.05) is 30.3 Å². The van der Waals surface area contributed by atoms with Crippen molar-refractivity contribution < 1.29 is 4.79 Å². The molecule has 1 fully saturated rings. The van der Waals surface area contributed by atoms with E-state index in [1.165, 1.54) is 12.8 Å². The van der Waals surface area contributed by atoms with E-state index in [4.69, 9.17) is 0 Å². The van der Waals surface area contributed by atoms with Gasteiger partial charge < -0.3 is 15.2 Å². The van der Waals surface area contributed by atoms with Crippen LogP contribution in [0.2, 0.25) is 0 Å². The number of carbonyl (C=O) groups excluding carboxylic acids is 1. The van der Waals surface area contributed by atoms with Crippen molar-refractivity contribution in [1.82, 2.24) is 4.98 Å². The maximum absolute atomic E-state index is 12.8. The number of amides is 1. The number of para-hydroxylation sites is 3. The fraction of sp³-hybridized carbons (Fsp3) is 0.211. The summed E-state index contributed by atoms with van der Waals surface area (Å²) in [5.74, 6) is -0.135. The predicted octanol–water partition coefficient (Wildman–Crippen LogP) is 4.78. The second kappa shape index (κ2) is 6.32. The molecule has 1 saturated heterocycles. The number of benzene rings is 2. The lowest BCUT2D eigenvalue weighted by atomic mass is 10.2. The first-order valence-electron chi connectivity index (χ1n) is 8.15. The number of carbonyl (C=O) groups is 1. The van der Waals surface area contributed by atoms with Crippen molar-refractivity contribution in [2.75, 3.05) is 23.3 Å². The maximum Gasteiger partial charge on any atom is 0.273 e. The number of nitrogens with zero attached hydrogens (tertiary/aromatic N) is 1. The molecule has 0 saturated carbocycles. The number of halogens is 1. The molecule has 2 heterocycles. The second-order valence-corrected chi connectivity index (χ2v) is 6.82. The van der Waals surface area contributed by atoms with Crippen LogP contribution in [0.5, 0.6) is 0 Å². The van der Waals surface area contributed by atoms with Crippen molar-refractivity contribution in [3.63, 3.8) is 0 Å². The predicted molar refractivity (Wildman–Crippen MR) is 102 cm³/mol. The summed E-state index contributed by atoms with van der Waals surface area (Å²) in [6, 6.07) is 15.9. The molecule has 1 aliphatic rings. The summed E-state index contributed by atoms with van der Waals surface area (Å²) in [5.41, 5.74) is 3.44. The van der Waals surface area contributed by atoms with E-state index < -0.39 is 0 Å². The number of H-pyrrole nitrogens is 1. The molecule has 0 unspecified atom stereocenters. The Balaban J connectivity index is 1.65. The lowest BCUT2D eigenvalue weighted by Crippen LogP contribution is -2.21. The summed E-state index contributed by atoms with van der Waals surface area (Å²) in [5, 5.41) is 4.07. The first-order valence-corrected chi connectivity index (χ1v) is 8.95. The van der Waals surface area contributed by atoms with Crippen LogP contribution in [-0.2, 0) is 0 Å². The Morgan fingerprint density at radius 3 is 2.54 bits per heavy atom. The van der Waals surface area contributed by atoms with Crippen molar-refractivity contribution in [3.05, 3.63) is 58.7 Å². The van der Waals surface area contributed by atoms with Crippen LogP contribution in [0.25, 0.3) is 10.9 Å². The molecule has 4 rings (SSSR count). The van der Waals surface area contributed by atoms with Crippen molar-refractivity contribution >= 4 is 44.1 Å². The minimum Gasteiger partial charge on any atom is -0.370 e. The molecule has 0 aliphatic carbocycles. The van der Waals surface area contributed by atoms with E-state index in [0.717, 1.165) is 39.8 Å². The zero-order valence-electron chi connectivity index (χ0n) is 13.2. The summed E-state index contributed by atoms with van der Waals surface area (Å²) in [4.78, 5) is 18.3. The van der Waals surface area contributed by atoms with Gasteiger partial charge in [0.25, 0.3) is 5.91 Å². The van der Waals surface area contributed by atoms with Gasteiger partial charge in [0.05, 0.1) is 15.8 Å². The van der Waals surface area contributed by atoms with E-state index in [0.29, 0.717) is 5.69 Å². The molecule has 0 atom stereocenters. The number of fused-ring (bicyclic) bond motifs is 1. The number of aromatic amines is 1. The van der Waals surface area contributed by atoms with Gasteiger partial charge in [-0.05, 0) is 47.0 Å². The minimum atomic E-state index is -0.135. The van der Waals surface area contributed by atoms with Gasteiger partial charge in [-0.2, -0.15) is 0 Å². The molecular weight excluding hydrogens is 366 g/mol. The number of nitrogens with one attached hydrogen (secondary N) is 2. The lowest BCUT2D eigenvalue weighted by Gasteiger charge is -2.21. The molecule has 2 aromatic carbocycles. The summed E-state index contributed by atoms with van der Waals surface area (Å²) in [6.07, 6.45) is 2.41. The SMILES string of the molecule is O=C(Nc1ccccc1N1CCCC1)c1[nH]c2ccccc2c1Br.